The topological polar surface area (TPSA) is 75.5 Å². The molecule has 18 heavy (non-hydrogen) atoms. The lowest BCUT2D eigenvalue weighted by Crippen LogP contribution is -2.38. The van der Waals surface area contributed by atoms with Crippen molar-refractivity contribution in [3.63, 3.8) is 0 Å². The van der Waals surface area contributed by atoms with E-state index in [0.717, 1.165) is 26.1 Å². The van der Waals surface area contributed by atoms with Crippen LogP contribution < -0.4 is 4.90 Å². The van der Waals surface area contributed by atoms with Gasteiger partial charge in [-0.2, -0.15) is 0 Å². The van der Waals surface area contributed by atoms with Gasteiger partial charge >= 0.3 is 5.97 Å². The van der Waals surface area contributed by atoms with Gasteiger partial charge in [-0.15, -0.1) is 0 Å². The van der Waals surface area contributed by atoms with Crippen molar-refractivity contribution in [2.24, 2.45) is 0 Å². The minimum absolute atomic E-state index is 0.0383. The van der Waals surface area contributed by atoms with Gasteiger partial charge in [-0.3, -0.25) is 0 Å². The predicted octanol–water partition coefficient (Wildman–Crippen LogP) is 1.10. The molecule has 98 valence electrons. The molecule has 0 radical (unpaired) electrons. The summed E-state index contributed by atoms with van der Waals surface area (Å²) in [4.78, 5) is 21.3. The highest BCUT2D eigenvalue weighted by Crippen LogP contribution is 2.18. The van der Waals surface area contributed by atoms with E-state index < -0.39 is 5.97 Å². The molecular formula is C12H17N3O3. The standard InChI is InChI=1S/C12H17N3O3/c1-8-7-10(11(16)17)14-12(13-8)15(2)9-3-5-18-6-4-9/h7,9H,3-6H2,1-2H3,(H,16,17). The quantitative estimate of drug-likeness (QED) is 0.867. The first kappa shape index (κ1) is 12.8. The summed E-state index contributed by atoms with van der Waals surface area (Å²) >= 11 is 0. The summed E-state index contributed by atoms with van der Waals surface area (Å²) in [6.45, 7) is 3.23. The average molecular weight is 251 g/mol. The fraction of sp³-hybridized carbons (Fsp3) is 0.583. The molecule has 0 bridgehead atoms. The SMILES string of the molecule is Cc1cc(C(=O)O)nc(N(C)C2CCOCC2)n1. The Bertz CT molecular complexity index is 444. The van der Waals surface area contributed by atoms with Gasteiger partial charge in [0.25, 0.3) is 0 Å². The monoisotopic (exact) mass is 251 g/mol. The molecule has 1 aromatic heterocycles. The second-order valence-corrected chi connectivity index (χ2v) is 4.45. The Balaban J connectivity index is 2.23. The number of hydrogen-bond donors (Lipinski definition) is 1. The zero-order chi connectivity index (χ0) is 13.1. The van der Waals surface area contributed by atoms with Crippen molar-refractivity contribution in [1.29, 1.82) is 0 Å². The molecule has 1 aromatic rings. The maximum atomic E-state index is 11.0. The summed E-state index contributed by atoms with van der Waals surface area (Å²) < 4.78 is 5.31. The van der Waals surface area contributed by atoms with Crippen LogP contribution in [-0.2, 0) is 4.74 Å². The molecule has 2 heterocycles. The van der Waals surface area contributed by atoms with Gasteiger partial charge in [-0.1, -0.05) is 0 Å². The molecule has 2 rings (SSSR count). The number of aryl methyl sites for hydroxylation is 1. The van der Waals surface area contributed by atoms with Gasteiger partial charge < -0.3 is 14.7 Å². The summed E-state index contributed by atoms with van der Waals surface area (Å²) in [5, 5.41) is 9.00. The number of carbonyl (C=O) groups is 1. The van der Waals surface area contributed by atoms with Gasteiger partial charge in [0.05, 0.1) is 0 Å². The molecule has 0 saturated carbocycles. The molecule has 1 aliphatic rings. The summed E-state index contributed by atoms with van der Waals surface area (Å²) in [5.74, 6) is -0.554. The van der Waals surface area contributed by atoms with Gasteiger partial charge in [0.2, 0.25) is 5.95 Å². The summed E-state index contributed by atoms with van der Waals surface area (Å²) in [6.07, 6.45) is 1.83. The van der Waals surface area contributed by atoms with E-state index in [1.54, 1.807) is 6.92 Å². The van der Waals surface area contributed by atoms with E-state index in [-0.39, 0.29) is 5.69 Å². The fourth-order valence-electron chi connectivity index (χ4n) is 2.06. The molecule has 0 amide bonds. The van der Waals surface area contributed by atoms with Crippen molar-refractivity contribution in [2.45, 2.75) is 25.8 Å². The molecular weight excluding hydrogens is 234 g/mol. The molecule has 0 atom stereocenters. The van der Waals surface area contributed by atoms with Crippen LogP contribution in [0.5, 0.6) is 0 Å². The molecule has 6 heteroatoms. The van der Waals surface area contributed by atoms with Gasteiger partial charge in [-0.25, -0.2) is 14.8 Å². The highest BCUT2D eigenvalue weighted by atomic mass is 16.5. The smallest absolute Gasteiger partial charge is 0.354 e. The molecule has 1 saturated heterocycles. The Morgan fingerprint density at radius 1 is 1.44 bits per heavy atom. The van der Waals surface area contributed by atoms with E-state index in [1.165, 1.54) is 6.07 Å². The lowest BCUT2D eigenvalue weighted by molar-refractivity contribution is 0.0689. The third-order valence-electron chi connectivity index (χ3n) is 3.12. The molecule has 0 aliphatic carbocycles. The second kappa shape index (κ2) is 5.30. The third-order valence-corrected chi connectivity index (χ3v) is 3.12. The molecule has 1 fully saturated rings. The van der Waals surface area contributed by atoms with Crippen molar-refractivity contribution < 1.29 is 14.6 Å². The fourth-order valence-corrected chi connectivity index (χ4v) is 2.06. The van der Waals surface area contributed by atoms with Crippen LogP contribution in [0, 0.1) is 6.92 Å². The normalized spacial score (nSPS) is 16.6. The Morgan fingerprint density at radius 3 is 2.72 bits per heavy atom. The van der Waals surface area contributed by atoms with E-state index in [2.05, 4.69) is 9.97 Å². The minimum Gasteiger partial charge on any atom is -0.477 e. The Kier molecular flexibility index (Phi) is 3.76. The molecule has 1 N–H and O–H groups in total. The van der Waals surface area contributed by atoms with E-state index in [4.69, 9.17) is 9.84 Å². The van der Waals surface area contributed by atoms with Gasteiger partial charge in [0, 0.05) is 32.0 Å². The number of aromatic carboxylic acids is 1. The van der Waals surface area contributed by atoms with E-state index in [0.29, 0.717) is 17.7 Å². The van der Waals surface area contributed by atoms with Crippen molar-refractivity contribution >= 4 is 11.9 Å². The van der Waals surface area contributed by atoms with Crippen LogP contribution in [0.15, 0.2) is 6.07 Å². The molecule has 6 nitrogen and oxygen atoms in total. The average Bonchev–Trinajstić information content (AvgIpc) is 2.38. The van der Waals surface area contributed by atoms with Crippen molar-refractivity contribution in [1.82, 2.24) is 9.97 Å². The van der Waals surface area contributed by atoms with E-state index in [1.807, 2.05) is 11.9 Å². The number of anilines is 1. The summed E-state index contributed by atoms with van der Waals surface area (Å²) in [5.41, 5.74) is 0.702. The molecule has 1 aliphatic heterocycles. The van der Waals surface area contributed by atoms with E-state index >= 15 is 0 Å². The highest BCUT2D eigenvalue weighted by molar-refractivity contribution is 5.85. The Morgan fingerprint density at radius 2 is 2.11 bits per heavy atom. The highest BCUT2D eigenvalue weighted by Gasteiger charge is 2.21. The minimum atomic E-state index is -1.03. The van der Waals surface area contributed by atoms with Crippen molar-refractivity contribution in [2.75, 3.05) is 25.2 Å². The van der Waals surface area contributed by atoms with Gasteiger partial charge in [0.1, 0.15) is 0 Å². The number of aromatic nitrogens is 2. The lowest BCUT2D eigenvalue weighted by Gasteiger charge is -2.31. The van der Waals surface area contributed by atoms with Gasteiger partial charge in [-0.05, 0) is 25.8 Å². The Labute approximate surface area is 106 Å². The number of nitrogens with zero attached hydrogens (tertiary/aromatic N) is 3. The number of carboxylic acids is 1. The van der Waals surface area contributed by atoms with Crippen LogP contribution >= 0.6 is 0 Å². The summed E-state index contributed by atoms with van der Waals surface area (Å²) in [6, 6.07) is 1.78. The van der Waals surface area contributed by atoms with Crippen LogP contribution in [0.25, 0.3) is 0 Å². The lowest BCUT2D eigenvalue weighted by atomic mass is 10.1. The second-order valence-electron chi connectivity index (χ2n) is 4.45. The first-order valence-corrected chi connectivity index (χ1v) is 5.97. The van der Waals surface area contributed by atoms with Crippen molar-refractivity contribution in [3.05, 3.63) is 17.5 Å². The van der Waals surface area contributed by atoms with Gasteiger partial charge in [0.15, 0.2) is 5.69 Å². The first-order valence-electron chi connectivity index (χ1n) is 5.97. The number of carboxylic acid groups (broad SMARTS) is 1. The van der Waals surface area contributed by atoms with Crippen molar-refractivity contribution in [3.8, 4) is 0 Å². The van der Waals surface area contributed by atoms with Crippen LogP contribution in [0.3, 0.4) is 0 Å². The largest absolute Gasteiger partial charge is 0.477 e. The zero-order valence-corrected chi connectivity index (χ0v) is 10.6. The number of ether oxygens (including phenoxy) is 1. The number of rotatable bonds is 3. The number of hydrogen-bond acceptors (Lipinski definition) is 5. The van der Waals surface area contributed by atoms with Crippen LogP contribution in [-0.4, -0.2) is 47.3 Å². The van der Waals surface area contributed by atoms with Crippen LogP contribution in [0.2, 0.25) is 0 Å². The van der Waals surface area contributed by atoms with E-state index in [9.17, 15) is 4.79 Å². The molecule has 0 unspecified atom stereocenters. The maximum Gasteiger partial charge on any atom is 0.354 e. The molecule has 0 spiro atoms. The van der Waals surface area contributed by atoms with Crippen LogP contribution in [0.4, 0.5) is 5.95 Å². The van der Waals surface area contributed by atoms with Crippen LogP contribution in [0.1, 0.15) is 29.0 Å². The Hall–Kier alpha value is -1.69. The zero-order valence-electron chi connectivity index (χ0n) is 10.6. The third kappa shape index (κ3) is 2.76. The molecule has 0 aromatic carbocycles. The summed E-state index contributed by atoms with van der Waals surface area (Å²) in [7, 11) is 1.90. The maximum absolute atomic E-state index is 11.0. The first-order chi connectivity index (χ1) is 8.58. The predicted molar refractivity (Wildman–Crippen MR) is 66.0 cm³/mol.